The number of hydrogen-bond donors (Lipinski definition) is 4. The van der Waals surface area contributed by atoms with Crippen LogP contribution in [0.4, 0.5) is 4.39 Å². The number of amides is 1. The molecule has 3 rings (SSSR count). The number of aromatic amines is 1. The van der Waals surface area contributed by atoms with Crippen LogP contribution in [0.5, 0.6) is 0 Å². The summed E-state index contributed by atoms with van der Waals surface area (Å²) in [6, 6.07) is 13.8. The summed E-state index contributed by atoms with van der Waals surface area (Å²) in [5.41, 5.74) is 3.02. The standard InChI is InChI=1S/C23H27FN2O3/c1-14(2)22(28)10-9-19(27)13-25-23(29)21-12-17-4-3-16(11-20(17)26-21)15-5-7-18(24)8-6-15/h3-8,11-12,14,19,22,26-28H,9-10,13H2,1-2H3,(H,25,29)/t19-,22?/m0/s1. The van der Waals surface area contributed by atoms with Gasteiger partial charge in [-0.2, -0.15) is 0 Å². The van der Waals surface area contributed by atoms with E-state index < -0.39 is 12.2 Å². The van der Waals surface area contributed by atoms with Crippen molar-refractivity contribution in [1.82, 2.24) is 10.3 Å². The first-order valence-corrected chi connectivity index (χ1v) is 9.86. The zero-order chi connectivity index (χ0) is 21.0. The summed E-state index contributed by atoms with van der Waals surface area (Å²) in [6.07, 6.45) is -0.244. The number of carbonyl (C=O) groups is 1. The van der Waals surface area contributed by atoms with E-state index in [9.17, 15) is 19.4 Å². The van der Waals surface area contributed by atoms with Gasteiger partial charge in [0, 0.05) is 17.4 Å². The summed E-state index contributed by atoms with van der Waals surface area (Å²) >= 11 is 0. The van der Waals surface area contributed by atoms with Crippen LogP contribution in [-0.2, 0) is 0 Å². The molecular weight excluding hydrogens is 371 g/mol. The van der Waals surface area contributed by atoms with Gasteiger partial charge < -0.3 is 20.5 Å². The highest BCUT2D eigenvalue weighted by atomic mass is 19.1. The zero-order valence-corrected chi connectivity index (χ0v) is 16.7. The summed E-state index contributed by atoms with van der Waals surface area (Å²) < 4.78 is 13.1. The highest BCUT2D eigenvalue weighted by Gasteiger charge is 2.15. The quantitative estimate of drug-likeness (QED) is 0.465. The summed E-state index contributed by atoms with van der Waals surface area (Å²) in [7, 11) is 0. The monoisotopic (exact) mass is 398 g/mol. The molecule has 0 aliphatic carbocycles. The molecule has 0 aliphatic rings. The maximum Gasteiger partial charge on any atom is 0.267 e. The molecule has 2 aromatic carbocycles. The predicted molar refractivity (Wildman–Crippen MR) is 112 cm³/mol. The van der Waals surface area contributed by atoms with E-state index in [1.54, 1.807) is 18.2 Å². The van der Waals surface area contributed by atoms with Crippen LogP contribution in [0.25, 0.3) is 22.0 Å². The third-order valence-electron chi connectivity index (χ3n) is 5.11. The van der Waals surface area contributed by atoms with Crippen LogP contribution < -0.4 is 5.32 Å². The average molecular weight is 398 g/mol. The van der Waals surface area contributed by atoms with Gasteiger partial charge >= 0.3 is 0 Å². The molecule has 0 aliphatic heterocycles. The number of halogens is 1. The van der Waals surface area contributed by atoms with Crippen LogP contribution in [-0.4, -0.2) is 39.9 Å². The molecule has 6 heteroatoms. The second-order valence-electron chi connectivity index (χ2n) is 7.74. The summed E-state index contributed by atoms with van der Waals surface area (Å²) in [5.74, 6) is -0.439. The van der Waals surface area contributed by atoms with Crippen molar-refractivity contribution in [1.29, 1.82) is 0 Å². The zero-order valence-electron chi connectivity index (χ0n) is 16.7. The smallest absolute Gasteiger partial charge is 0.267 e. The van der Waals surface area contributed by atoms with Crippen molar-refractivity contribution in [2.24, 2.45) is 5.92 Å². The molecule has 0 saturated carbocycles. The molecule has 1 heterocycles. The van der Waals surface area contributed by atoms with Gasteiger partial charge in [0.05, 0.1) is 12.2 Å². The molecule has 0 fully saturated rings. The van der Waals surface area contributed by atoms with Crippen LogP contribution >= 0.6 is 0 Å². The number of fused-ring (bicyclic) bond motifs is 1. The molecule has 154 valence electrons. The van der Waals surface area contributed by atoms with Gasteiger partial charge in [0.2, 0.25) is 0 Å². The number of aliphatic hydroxyl groups excluding tert-OH is 2. The fourth-order valence-corrected chi connectivity index (χ4v) is 3.18. The number of nitrogens with one attached hydrogen (secondary N) is 2. The Morgan fingerprint density at radius 3 is 2.41 bits per heavy atom. The lowest BCUT2D eigenvalue weighted by Gasteiger charge is -2.17. The Kier molecular flexibility index (Phi) is 6.67. The molecular formula is C23H27FN2O3. The minimum Gasteiger partial charge on any atom is -0.393 e. The van der Waals surface area contributed by atoms with E-state index in [2.05, 4.69) is 10.3 Å². The van der Waals surface area contributed by atoms with Crippen molar-refractivity contribution in [2.75, 3.05) is 6.54 Å². The van der Waals surface area contributed by atoms with E-state index in [1.165, 1.54) is 12.1 Å². The van der Waals surface area contributed by atoms with Crippen LogP contribution in [0.15, 0.2) is 48.5 Å². The van der Waals surface area contributed by atoms with Gasteiger partial charge in [0.15, 0.2) is 0 Å². The van der Waals surface area contributed by atoms with Crippen LogP contribution in [0.1, 0.15) is 37.2 Å². The molecule has 1 unspecified atom stereocenters. The molecule has 1 amide bonds. The maximum atomic E-state index is 13.1. The fraction of sp³-hybridized carbons (Fsp3) is 0.348. The average Bonchev–Trinajstić information content (AvgIpc) is 3.14. The normalized spacial score (nSPS) is 13.6. The first-order valence-electron chi connectivity index (χ1n) is 9.86. The lowest BCUT2D eigenvalue weighted by molar-refractivity contribution is 0.0792. The summed E-state index contributed by atoms with van der Waals surface area (Å²) in [6.45, 7) is 3.98. The van der Waals surface area contributed by atoms with E-state index >= 15 is 0 Å². The topological polar surface area (TPSA) is 85.3 Å². The molecule has 2 atom stereocenters. The van der Waals surface area contributed by atoms with Gasteiger partial charge in [-0.15, -0.1) is 0 Å². The number of hydrogen-bond acceptors (Lipinski definition) is 3. The van der Waals surface area contributed by atoms with Gasteiger partial charge in [0.1, 0.15) is 11.5 Å². The van der Waals surface area contributed by atoms with Crippen molar-refractivity contribution in [3.05, 3.63) is 60.0 Å². The van der Waals surface area contributed by atoms with Crippen molar-refractivity contribution >= 4 is 16.8 Å². The third-order valence-corrected chi connectivity index (χ3v) is 5.11. The Balaban J connectivity index is 1.62. The Bertz CT molecular complexity index is 966. The molecule has 4 N–H and O–H groups in total. The van der Waals surface area contributed by atoms with Gasteiger partial charge in [-0.1, -0.05) is 38.1 Å². The summed E-state index contributed by atoms with van der Waals surface area (Å²) in [4.78, 5) is 15.5. The molecule has 3 aromatic rings. The molecule has 0 bridgehead atoms. The highest BCUT2D eigenvalue weighted by Crippen LogP contribution is 2.25. The van der Waals surface area contributed by atoms with Gasteiger partial charge in [0.25, 0.3) is 5.91 Å². The van der Waals surface area contributed by atoms with E-state index in [0.29, 0.717) is 18.5 Å². The van der Waals surface area contributed by atoms with Crippen molar-refractivity contribution in [3.63, 3.8) is 0 Å². The molecule has 1 aromatic heterocycles. The maximum absolute atomic E-state index is 13.1. The number of carbonyl (C=O) groups excluding carboxylic acids is 1. The van der Waals surface area contributed by atoms with Crippen molar-refractivity contribution < 1.29 is 19.4 Å². The number of aliphatic hydroxyl groups is 2. The first-order chi connectivity index (χ1) is 13.8. The summed E-state index contributed by atoms with van der Waals surface area (Å²) in [5, 5.41) is 23.5. The lowest BCUT2D eigenvalue weighted by atomic mass is 10.0. The van der Waals surface area contributed by atoms with E-state index in [-0.39, 0.29) is 24.2 Å². The molecule has 0 radical (unpaired) electrons. The molecule has 29 heavy (non-hydrogen) atoms. The van der Waals surface area contributed by atoms with E-state index in [0.717, 1.165) is 22.0 Å². The predicted octanol–water partition coefficient (Wildman–Crippen LogP) is 3.86. The van der Waals surface area contributed by atoms with Crippen LogP contribution in [0.3, 0.4) is 0 Å². The van der Waals surface area contributed by atoms with E-state index in [1.807, 2.05) is 32.0 Å². The Labute approximate surface area is 169 Å². The first kappa shape index (κ1) is 21.0. The number of rotatable bonds is 8. The minimum atomic E-state index is -0.707. The lowest BCUT2D eigenvalue weighted by Crippen LogP contribution is -2.33. The third kappa shape index (κ3) is 5.43. The highest BCUT2D eigenvalue weighted by molar-refractivity contribution is 5.98. The SMILES string of the molecule is CC(C)C(O)CC[C@H](O)CNC(=O)c1cc2ccc(-c3ccc(F)cc3)cc2[nH]1. The Hall–Kier alpha value is -2.70. The van der Waals surface area contributed by atoms with Gasteiger partial charge in [-0.25, -0.2) is 4.39 Å². The number of H-pyrrole nitrogens is 1. The van der Waals surface area contributed by atoms with Gasteiger partial charge in [-0.3, -0.25) is 4.79 Å². The number of aromatic nitrogens is 1. The van der Waals surface area contributed by atoms with Crippen LogP contribution in [0.2, 0.25) is 0 Å². The molecule has 0 spiro atoms. The van der Waals surface area contributed by atoms with E-state index in [4.69, 9.17) is 0 Å². The van der Waals surface area contributed by atoms with Crippen LogP contribution in [0, 0.1) is 11.7 Å². The minimum absolute atomic E-state index is 0.125. The Morgan fingerprint density at radius 1 is 1.03 bits per heavy atom. The van der Waals surface area contributed by atoms with Crippen molar-refractivity contribution in [2.45, 2.75) is 38.9 Å². The number of benzene rings is 2. The van der Waals surface area contributed by atoms with Crippen molar-refractivity contribution in [3.8, 4) is 11.1 Å². The second kappa shape index (κ2) is 9.20. The van der Waals surface area contributed by atoms with Gasteiger partial charge in [-0.05, 0) is 54.2 Å². The molecule has 5 nitrogen and oxygen atoms in total. The fourth-order valence-electron chi connectivity index (χ4n) is 3.18. The molecule has 0 saturated heterocycles. The Morgan fingerprint density at radius 2 is 1.72 bits per heavy atom. The second-order valence-corrected chi connectivity index (χ2v) is 7.74. The largest absolute Gasteiger partial charge is 0.393 e.